The van der Waals surface area contributed by atoms with E-state index < -0.39 is 33.5 Å². The van der Waals surface area contributed by atoms with Crippen LogP contribution in [0.4, 0.5) is 13.2 Å². The van der Waals surface area contributed by atoms with Gasteiger partial charge in [-0.15, -0.1) is 0 Å². The second-order valence-electron chi connectivity index (χ2n) is 9.36. The van der Waals surface area contributed by atoms with Gasteiger partial charge < -0.3 is 18.9 Å². The first kappa shape index (κ1) is 31.9. The molecule has 40 heavy (non-hydrogen) atoms. The molecule has 2 heterocycles. The maximum atomic E-state index is 13.0. The molecule has 222 valence electrons. The summed E-state index contributed by atoms with van der Waals surface area (Å²) in [6.45, 7) is 4.93. The topological polar surface area (TPSA) is 113 Å². The van der Waals surface area contributed by atoms with Crippen LogP contribution in [0.1, 0.15) is 57.1 Å². The Balaban J connectivity index is 1.74. The van der Waals surface area contributed by atoms with E-state index in [0.29, 0.717) is 49.6 Å². The van der Waals surface area contributed by atoms with Crippen molar-refractivity contribution in [3.63, 3.8) is 0 Å². The normalized spacial score (nSPS) is 15.2. The summed E-state index contributed by atoms with van der Waals surface area (Å²) in [5.74, 6) is -1.40. The maximum Gasteiger partial charge on any atom is 0.417 e. The zero-order valence-corrected chi connectivity index (χ0v) is 23.8. The minimum Gasteiger partial charge on any atom is -0.493 e. The van der Waals surface area contributed by atoms with Crippen molar-refractivity contribution in [2.45, 2.75) is 64.3 Å². The lowest BCUT2D eigenvalue weighted by Gasteiger charge is -2.22. The summed E-state index contributed by atoms with van der Waals surface area (Å²) in [5, 5.41) is -0.369. The van der Waals surface area contributed by atoms with E-state index in [1.165, 1.54) is 6.07 Å². The van der Waals surface area contributed by atoms with Crippen LogP contribution in [-0.2, 0) is 36.9 Å². The van der Waals surface area contributed by atoms with Gasteiger partial charge in [0.05, 0.1) is 31.1 Å². The number of pyridine rings is 1. The van der Waals surface area contributed by atoms with Gasteiger partial charge in [0.15, 0.2) is 5.79 Å². The van der Waals surface area contributed by atoms with E-state index in [2.05, 4.69) is 9.71 Å². The van der Waals surface area contributed by atoms with Crippen LogP contribution in [0.3, 0.4) is 0 Å². The number of amides is 1. The molecular formula is C26H32ClF3N2O7S. The molecule has 0 saturated carbocycles. The number of ether oxygens (including phenoxy) is 4. The fourth-order valence-corrected chi connectivity index (χ4v) is 5.15. The number of carbonyl (C=O) groups is 1. The Morgan fingerprint density at radius 3 is 2.58 bits per heavy atom. The fraction of sp³-hybridized carbons (Fsp3) is 0.538. The highest BCUT2D eigenvalue weighted by Gasteiger charge is 2.32. The van der Waals surface area contributed by atoms with Crippen LogP contribution in [0, 0.1) is 0 Å². The van der Waals surface area contributed by atoms with E-state index >= 15 is 0 Å². The largest absolute Gasteiger partial charge is 0.493 e. The Morgan fingerprint density at radius 1 is 1.20 bits per heavy atom. The number of nitrogens with zero attached hydrogens (tertiary/aromatic N) is 1. The van der Waals surface area contributed by atoms with Gasteiger partial charge in [0, 0.05) is 25.1 Å². The van der Waals surface area contributed by atoms with Crippen LogP contribution in [0.25, 0.3) is 0 Å². The number of sulfonamides is 1. The molecule has 0 atom stereocenters. The first-order valence-corrected chi connectivity index (χ1v) is 14.8. The molecule has 14 heteroatoms. The fourth-order valence-electron chi connectivity index (χ4n) is 3.81. The van der Waals surface area contributed by atoms with Crippen LogP contribution >= 0.6 is 11.6 Å². The Labute approximate surface area is 236 Å². The quantitative estimate of drug-likeness (QED) is 0.274. The van der Waals surface area contributed by atoms with Crippen LogP contribution in [-0.4, -0.2) is 50.7 Å². The van der Waals surface area contributed by atoms with E-state index in [1.807, 2.05) is 6.92 Å². The molecular weight excluding hydrogens is 577 g/mol. The van der Waals surface area contributed by atoms with Crippen molar-refractivity contribution in [3.8, 4) is 17.4 Å². The summed E-state index contributed by atoms with van der Waals surface area (Å²) in [6, 6.07) is 5.42. The molecule has 1 N–H and O–H groups in total. The van der Waals surface area contributed by atoms with Crippen molar-refractivity contribution in [1.82, 2.24) is 9.71 Å². The van der Waals surface area contributed by atoms with Crippen molar-refractivity contribution in [2.24, 2.45) is 0 Å². The van der Waals surface area contributed by atoms with Crippen LogP contribution in [0.2, 0.25) is 5.02 Å². The average Bonchev–Trinajstić information content (AvgIpc) is 3.30. The van der Waals surface area contributed by atoms with Crippen LogP contribution in [0.5, 0.6) is 17.4 Å². The Bertz CT molecular complexity index is 1270. The Kier molecular flexibility index (Phi) is 11.0. The highest BCUT2D eigenvalue weighted by molar-refractivity contribution is 7.90. The minimum absolute atomic E-state index is 0.0595. The lowest BCUT2D eigenvalue weighted by Crippen LogP contribution is -2.32. The molecule has 9 nitrogen and oxygen atoms in total. The average molecular weight is 609 g/mol. The smallest absolute Gasteiger partial charge is 0.417 e. The number of benzene rings is 1. The zero-order valence-electron chi connectivity index (χ0n) is 22.2. The molecule has 1 aliphatic heterocycles. The lowest BCUT2D eigenvalue weighted by atomic mass is 10.1. The van der Waals surface area contributed by atoms with Gasteiger partial charge in [-0.05, 0) is 37.5 Å². The number of rotatable bonds is 14. The highest BCUT2D eigenvalue weighted by Crippen LogP contribution is 2.37. The van der Waals surface area contributed by atoms with E-state index in [4.69, 9.17) is 30.5 Å². The van der Waals surface area contributed by atoms with Gasteiger partial charge in [0.1, 0.15) is 16.5 Å². The summed E-state index contributed by atoms with van der Waals surface area (Å²) in [6.07, 6.45) is -1.73. The predicted octanol–water partition coefficient (Wildman–Crippen LogP) is 5.65. The summed E-state index contributed by atoms with van der Waals surface area (Å²) < 4.78 is 88.1. The molecule has 0 radical (unpaired) electrons. The molecule has 2 aromatic rings. The molecule has 3 rings (SSSR count). The number of halogens is 4. The predicted molar refractivity (Wildman–Crippen MR) is 141 cm³/mol. The lowest BCUT2D eigenvalue weighted by molar-refractivity contribution is -0.150. The second-order valence-corrected chi connectivity index (χ2v) is 11.6. The molecule has 1 saturated heterocycles. The summed E-state index contributed by atoms with van der Waals surface area (Å²) >= 11 is 6.02. The van der Waals surface area contributed by atoms with Gasteiger partial charge >= 0.3 is 6.18 Å². The van der Waals surface area contributed by atoms with Gasteiger partial charge in [-0.2, -0.15) is 13.2 Å². The van der Waals surface area contributed by atoms with E-state index in [0.717, 1.165) is 12.8 Å². The maximum absolute atomic E-state index is 13.0. The van der Waals surface area contributed by atoms with Crippen molar-refractivity contribution < 1.29 is 45.3 Å². The molecule has 1 amide bonds. The van der Waals surface area contributed by atoms with E-state index in [-0.39, 0.29) is 41.9 Å². The highest BCUT2D eigenvalue weighted by atomic mass is 35.5. The second kappa shape index (κ2) is 13.8. The minimum atomic E-state index is -4.64. The van der Waals surface area contributed by atoms with Crippen LogP contribution < -0.4 is 14.2 Å². The van der Waals surface area contributed by atoms with Crippen molar-refractivity contribution in [3.05, 3.63) is 46.6 Å². The van der Waals surface area contributed by atoms with Gasteiger partial charge in [0.25, 0.3) is 0 Å². The summed E-state index contributed by atoms with van der Waals surface area (Å²) in [5.41, 5.74) is -0.582. The summed E-state index contributed by atoms with van der Waals surface area (Å²) in [4.78, 5) is 16.1. The number of unbranched alkanes of at least 4 members (excludes halogenated alkanes) is 2. The zero-order chi connectivity index (χ0) is 29.4. The molecule has 0 bridgehead atoms. The number of hydrogen-bond donors (Lipinski definition) is 1. The van der Waals surface area contributed by atoms with Crippen molar-refractivity contribution in [2.75, 3.05) is 25.6 Å². The molecule has 1 aromatic carbocycles. The van der Waals surface area contributed by atoms with Gasteiger partial charge in [-0.3, -0.25) is 9.52 Å². The molecule has 1 aliphatic rings. The Hall–Kier alpha value is -2.61. The van der Waals surface area contributed by atoms with Crippen molar-refractivity contribution >= 4 is 27.5 Å². The molecule has 1 aromatic heterocycles. The third-order valence-electron chi connectivity index (χ3n) is 6.01. The Morgan fingerprint density at radius 2 is 1.93 bits per heavy atom. The van der Waals surface area contributed by atoms with Crippen molar-refractivity contribution in [1.29, 1.82) is 0 Å². The number of nitrogens with one attached hydrogen (secondary N) is 1. The standard InChI is InChI=1S/C26H32ClF3N2O7S/c1-3-4-5-14-40(34,35)32-23(33)9-7-18-6-8-20(36-11-10-25(2)37-12-13-38-25)16-22(18)39-24-21(27)15-19(17-31-24)26(28,29)30/h6,8,15-17H,3-5,7,9-14H2,1-2H3,(H,32,33). The number of alkyl halides is 3. The third-order valence-corrected chi connectivity index (χ3v) is 7.65. The van der Waals surface area contributed by atoms with E-state index in [9.17, 15) is 26.4 Å². The molecule has 0 aliphatic carbocycles. The molecule has 0 unspecified atom stereocenters. The number of aromatic nitrogens is 1. The first-order valence-electron chi connectivity index (χ1n) is 12.8. The third kappa shape index (κ3) is 9.79. The van der Waals surface area contributed by atoms with Gasteiger partial charge in [-0.1, -0.05) is 37.4 Å². The van der Waals surface area contributed by atoms with Crippen LogP contribution in [0.15, 0.2) is 30.5 Å². The molecule has 1 fully saturated rings. The summed E-state index contributed by atoms with van der Waals surface area (Å²) in [7, 11) is -3.76. The van der Waals surface area contributed by atoms with E-state index in [1.54, 1.807) is 19.1 Å². The number of carbonyl (C=O) groups excluding carboxylic acids is 1. The first-order chi connectivity index (χ1) is 18.8. The number of hydrogen-bond acceptors (Lipinski definition) is 8. The molecule has 0 spiro atoms. The monoisotopic (exact) mass is 608 g/mol. The van der Waals surface area contributed by atoms with Gasteiger partial charge in [0.2, 0.25) is 21.8 Å². The number of aryl methyl sites for hydroxylation is 1. The SMILES string of the molecule is CCCCCS(=O)(=O)NC(=O)CCc1ccc(OCCC2(C)OCCO2)cc1Oc1ncc(C(F)(F)F)cc1Cl. The van der Waals surface area contributed by atoms with Gasteiger partial charge in [-0.25, -0.2) is 13.4 Å².